The van der Waals surface area contributed by atoms with Crippen LogP contribution in [0.1, 0.15) is 22.8 Å². The highest BCUT2D eigenvalue weighted by Gasteiger charge is 2.13. The summed E-state index contributed by atoms with van der Waals surface area (Å²) >= 11 is 5.93. The number of anilines is 2. The fraction of sp³-hybridized carbons (Fsp3) is 0.125. The Hall–Kier alpha value is -2.33. The van der Waals surface area contributed by atoms with E-state index in [2.05, 4.69) is 10.6 Å². The molecule has 0 unspecified atom stereocenters. The zero-order valence-corrected chi connectivity index (χ0v) is 12.5. The van der Waals surface area contributed by atoms with Gasteiger partial charge in [0.1, 0.15) is 0 Å². The molecule has 0 spiro atoms. The zero-order valence-electron chi connectivity index (χ0n) is 11.7. The van der Waals surface area contributed by atoms with Crippen molar-refractivity contribution in [3.8, 4) is 0 Å². The number of benzene rings is 2. The van der Waals surface area contributed by atoms with Crippen LogP contribution in [0.2, 0.25) is 5.02 Å². The number of nitrogens with one attached hydrogen (secondary N) is 2. The highest BCUT2D eigenvalue weighted by molar-refractivity contribution is 6.31. The molecular weight excluding hydrogens is 288 g/mol. The summed E-state index contributed by atoms with van der Waals surface area (Å²) in [4.78, 5) is 23.5. The largest absolute Gasteiger partial charge is 0.326 e. The van der Waals surface area contributed by atoms with Crippen molar-refractivity contribution in [2.45, 2.75) is 13.8 Å². The maximum absolute atomic E-state index is 12.3. The smallest absolute Gasteiger partial charge is 0.257 e. The summed E-state index contributed by atoms with van der Waals surface area (Å²) in [5, 5.41) is 5.82. The second-order valence-electron chi connectivity index (χ2n) is 4.69. The molecule has 2 rings (SSSR count). The van der Waals surface area contributed by atoms with Crippen molar-refractivity contribution in [1.82, 2.24) is 0 Å². The molecule has 2 N–H and O–H groups in total. The number of rotatable bonds is 3. The fourth-order valence-corrected chi connectivity index (χ4v) is 2.01. The lowest BCUT2D eigenvalue weighted by molar-refractivity contribution is -0.114. The van der Waals surface area contributed by atoms with Crippen molar-refractivity contribution in [3.63, 3.8) is 0 Å². The topological polar surface area (TPSA) is 58.2 Å². The Morgan fingerprint density at radius 2 is 1.67 bits per heavy atom. The van der Waals surface area contributed by atoms with Gasteiger partial charge in [-0.25, -0.2) is 0 Å². The van der Waals surface area contributed by atoms with E-state index < -0.39 is 0 Å². The SMILES string of the molecule is CC(=O)Nc1ccc(Cl)cc1C(=O)Nc1ccc(C)cc1. The van der Waals surface area contributed by atoms with Crippen LogP contribution in [0.15, 0.2) is 42.5 Å². The summed E-state index contributed by atoms with van der Waals surface area (Å²) in [6.45, 7) is 3.35. The van der Waals surface area contributed by atoms with Gasteiger partial charge in [-0.05, 0) is 37.3 Å². The highest BCUT2D eigenvalue weighted by atomic mass is 35.5. The summed E-state index contributed by atoms with van der Waals surface area (Å²) < 4.78 is 0. The number of halogens is 1. The van der Waals surface area contributed by atoms with Crippen LogP contribution in [0, 0.1) is 6.92 Å². The van der Waals surface area contributed by atoms with Gasteiger partial charge in [0.25, 0.3) is 5.91 Å². The molecule has 0 aliphatic carbocycles. The van der Waals surface area contributed by atoms with E-state index in [-0.39, 0.29) is 11.8 Å². The normalized spacial score (nSPS) is 10.0. The molecule has 0 bridgehead atoms. The van der Waals surface area contributed by atoms with Crippen LogP contribution in [0.3, 0.4) is 0 Å². The first kappa shape index (κ1) is 15.1. The number of amides is 2. The number of aryl methyl sites for hydroxylation is 1. The Kier molecular flexibility index (Phi) is 4.60. The Labute approximate surface area is 128 Å². The number of carbonyl (C=O) groups excluding carboxylic acids is 2. The molecule has 0 fully saturated rings. The first-order valence-electron chi connectivity index (χ1n) is 6.41. The third-order valence-corrected chi connectivity index (χ3v) is 3.08. The fourth-order valence-electron chi connectivity index (χ4n) is 1.84. The summed E-state index contributed by atoms with van der Waals surface area (Å²) in [5.74, 6) is -0.577. The molecule has 21 heavy (non-hydrogen) atoms. The minimum absolute atomic E-state index is 0.248. The molecule has 108 valence electrons. The van der Waals surface area contributed by atoms with Gasteiger partial charge in [-0.15, -0.1) is 0 Å². The summed E-state index contributed by atoms with van der Waals surface area (Å²) in [7, 11) is 0. The maximum atomic E-state index is 12.3. The minimum Gasteiger partial charge on any atom is -0.326 e. The average Bonchev–Trinajstić information content (AvgIpc) is 2.43. The molecule has 0 saturated heterocycles. The molecule has 0 atom stereocenters. The summed E-state index contributed by atoms with van der Waals surface area (Å²) in [5.41, 5.74) is 2.53. The van der Waals surface area contributed by atoms with Crippen molar-refractivity contribution < 1.29 is 9.59 Å². The Morgan fingerprint density at radius 3 is 2.29 bits per heavy atom. The lowest BCUT2D eigenvalue weighted by atomic mass is 10.1. The Bertz CT molecular complexity index is 681. The molecule has 0 radical (unpaired) electrons. The molecule has 0 aliphatic rings. The van der Waals surface area contributed by atoms with Crippen LogP contribution in [-0.4, -0.2) is 11.8 Å². The van der Waals surface area contributed by atoms with Crippen LogP contribution >= 0.6 is 11.6 Å². The molecule has 0 heterocycles. The van der Waals surface area contributed by atoms with E-state index in [1.165, 1.54) is 13.0 Å². The van der Waals surface area contributed by atoms with Gasteiger partial charge in [0.2, 0.25) is 5.91 Å². The van der Waals surface area contributed by atoms with Gasteiger partial charge >= 0.3 is 0 Å². The van der Waals surface area contributed by atoms with Crippen LogP contribution in [0.25, 0.3) is 0 Å². The van der Waals surface area contributed by atoms with Crippen LogP contribution in [0.4, 0.5) is 11.4 Å². The Morgan fingerprint density at radius 1 is 1.00 bits per heavy atom. The van der Waals surface area contributed by atoms with Crippen LogP contribution < -0.4 is 10.6 Å². The van der Waals surface area contributed by atoms with Crippen molar-refractivity contribution >= 4 is 34.8 Å². The van der Waals surface area contributed by atoms with E-state index in [0.29, 0.717) is 22.0 Å². The zero-order chi connectivity index (χ0) is 15.4. The van der Waals surface area contributed by atoms with Crippen LogP contribution in [0.5, 0.6) is 0 Å². The van der Waals surface area contributed by atoms with Gasteiger partial charge in [-0.2, -0.15) is 0 Å². The lowest BCUT2D eigenvalue weighted by Gasteiger charge is -2.11. The van der Waals surface area contributed by atoms with E-state index in [9.17, 15) is 9.59 Å². The van der Waals surface area contributed by atoms with Crippen molar-refractivity contribution in [3.05, 3.63) is 58.6 Å². The van der Waals surface area contributed by atoms with E-state index in [1.807, 2.05) is 31.2 Å². The average molecular weight is 303 g/mol. The Balaban J connectivity index is 2.27. The molecule has 2 aromatic carbocycles. The van der Waals surface area contributed by atoms with E-state index in [0.717, 1.165) is 5.56 Å². The van der Waals surface area contributed by atoms with Crippen molar-refractivity contribution in [2.75, 3.05) is 10.6 Å². The van der Waals surface area contributed by atoms with Crippen molar-refractivity contribution in [1.29, 1.82) is 0 Å². The predicted octanol–water partition coefficient (Wildman–Crippen LogP) is 3.86. The second kappa shape index (κ2) is 6.41. The summed E-state index contributed by atoms with van der Waals surface area (Å²) in [6.07, 6.45) is 0. The quantitative estimate of drug-likeness (QED) is 0.904. The molecular formula is C16H15ClN2O2. The van der Waals surface area contributed by atoms with Gasteiger partial charge < -0.3 is 10.6 Å². The summed E-state index contributed by atoms with van der Waals surface area (Å²) in [6, 6.07) is 12.2. The monoisotopic (exact) mass is 302 g/mol. The number of hydrogen-bond donors (Lipinski definition) is 2. The lowest BCUT2D eigenvalue weighted by Crippen LogP contribution is -2.16. The van der Waals surface area contributed by atoms with Gasteiger partial charge in [0, 0.05) is 17.6 Å². The number of carbonyl (C=O) groups is 2. The van der Waals surface area contributed by atoms with Gasteiger partial charge in [-0.1, -0.05) is 29.3 Å². The molecule has 0 saturated carbocycles. The maximum Gasteiger partial charge on any atom is 0.257 e. The third-order valence-electron chi connectivity index (χ3n) is 2.85. The molecule has 5 heteroatoms. The van der Waals surface area contributed by atoms with Crippen molar-refractivity contribution in [2.24, 2.45) is 0 Å². The predicted molar refractivity (Wildman–Crippen MR) is 84.9 cm³/mol. The molecule has 0 aliphatic heterocycles. The standard InChI is InChI=1S/C16H15ClN2O2/c1-10-3-6-13(7-4-10)19-16(21)14-9-12(17)5-8-15(14)18-11(2)20/h3-9H,1-2H3,(H,18,20)(H,19,21). The van der Waals surface area contributed by atoms with E-state index in [1.54, 1.807) is 12.1 Å². The van der Waals surface area contributed by atoms with E-state index >= 15 is 0 Å². The third kappa shape index (κ3) is 4.07. The van der Waals surface area contributed by atoms with E-state index in [4.69, 9.17) is 11.6 Å². The second-order valence-corrected chi connectivity index (χ2v) is 5.13. The molecule has 2 amide bonds. The first-order chi connectivity index (χ1) is 9.95. The molecule has 0 aromatic heterocycles. The van der Waals surface area contributed by atoms with Gasteiger partial charge in [0.05, 0.1) is 11.3 Å². The minimum atomic E-state index is -0.329. The number of hydrogen-bond acceptors (Lipinski definition) is 2. The highest BCUT2D eigenvalue weighted by Crippen LogP contribution is 2.22. The first-order valence-corrected chi connectivity index (χ1v) is 6.78. The van der Waals surface area contributed by atoms with Crippen LogP contribution in [-0.2, 0) is 4.79 Å². The molecule has 2 aromatic rings. The van der Waals surface area contributed by atoms with Gasteiger partial charge in [-0.3, -0.25) is 9.59 Å². The van der Waals surface area contributed by atoms with Gasteiger partial charge in [0.15, 0.2) is 0 Å². The molecule has 4 nitrogen and oxygen atoms in total.